The summed E-state index contributed by atoms with van der Waals surface area (Å²) < 4.78 is 54.4. The van der Waals surface area contributed by atoms with Crippen LogP contribution in [0.3, 0.4) is 0 Å². The van der Waals surface area contributed by atoms with Crippen LogP contribution in [0.5, 0.6) is 5.88 Å². The van der Waals surface area contributed by atoms with Crippen LogP contribution in [0.2, 0.25) is 5.02 Å². The van der Waals surface area contributed by atoms with Crippen molar-refractivity contribution in [3.05, 3.63) is 41.4 Å². The largest absolute Gasteiger partial charge is 0.481 e. The number of rotatable bonds is 11. The fourth-order valence-electron chi connectivity index (χ4n) is 4.05. The van der Waals surface area contributed by atoms with Crippen LogP contribution in [0, 0.1) is 0 Å². The molecular formula is C24H32ClN7O6S. The zero-order valence-corrected chi connectivity index (χ0v) is 23.9. The predicted octanol–water partition coefficient (Wildman–Crippen LogP) is 3.07. The van der Waals surface area contributed by atoms with Gasteiger partial charge in [-0.05, 0) is 33.8 Å². The molecule has 3 aromatic rings. The highest BCUT2D eigenvalue weighted by atomic mass is 35.5. The van der Waals surface area contributed by atoms with Gasteiger partial charge in [-0.1, -0.05) is 17.7 Å². The highest BCUT2D eigenvalue weighted by molar-refractivity contribution is 7.93. The topological polar surface area (TPSA) is 152 Å². The first kappa shape index (κ1) is 29.1. The van der Waals surface area contributed by atoms with Crippen LogP contribution >= 0.6 is 11.6 Å². The third kappa shape index (κ3) is 6.81. The molecule has 15 heteroatoms. The zero-order chi connectivity index (χ0) is 28.2. The summed E-state index contributed by atoms with van der Waals surface area (Å²) in [5.41, 5.74) is 0.444. The van der Waals surface area contributed by atoms with Gasteiger partial charge in [-0.2, -0.15) is 0 Å². The number of sulfonamides is 1. The van der Waals surface area contributed by atoms with Crippen LogP contribution in [0.4, 0.5) is 5.95 Å². The van der Waals surface area contributed by atoms with Crippen molar-refractivity contribution in [3.8, 4) is 17.4 Å². The number of ether oxygens (including phenoxy) is 4. The van der Waals surface area contributed by atoms with E-state index in [1.165, 1.54) is 26.4 Å². The van der Waals surface area contributed by atoms with Gasteiger partial charge in [-0.15, -0.1) is 10.2 Å². The van der Waals surface area contributed by atoms with E-state index in [-0.39, 0.29) is 24.0 Å². The van der Waals surface area contributed by atoms with E-state index < -0.39 is 27.4 Å². The molecule has 39 heavy (non-hydrogen) atoms. The average Bonchev–Trinajstić information content (AvgIpc) is 3.34. The lowest BCUT2D eigenvalue weighted by Crippen LogP contribution is -2.37. The minimum atomic E-state index is -4.11. The second-order valence-corrected chi connectivity index (χ2v) is 11.7. The minimum Gasteiger partial charge on any atom is -0.481 e. The van der Waals surface area contributed by atoms with Gasteiger partial charge in [-0.25, -0.2) is 23.4 Å². The van der Waals surface area contributed by atoms with Gasteiger partial charge in [0.1, 0.15) is 23.2 Å². The number of halogens is 1. The Morgan fingerprint density at radius 1 is 1.13 bits per heavy atom. The molecule has 4 atom stereocenters. The van der Waals surface area contributed by atoms with Crippen molar-refractivity contribution in [3.63, 3.8) is 0 Å². The van der Waals surface area contributed by atoms with Crippen molar-refractivity contribution in [2.75, 3.05) is 31.7 Å². The molecule has 1 aliphatic rings. The molecule has 1 fully saturated rings. The maximum absolute atomic E-state index is 13.7. The molecule has 4 heterocycles. The minimum absolute atomic E-state index is 0.0107. The van der Waals surface area contributed by atoms with E-state index in [0.29, 0.717) is 42.2 Å². The normalized spacial score (nSPS) is 18.5. The molecule has 1 N–H and O–H groups in total. The first-order chi connectivity index (χ1) is 18.6. The standard InChI is InChI=1S/C24H32ClN7O6S/c1-14(2)38-21(22-26-11-17(25)12-27-22)16(4)39(33,34)31-24-30-29-23(18-7-6-8-20(28-18)35-5)32(24)15(3)19-13-36-9-10-37-19/h6-8,11-12,14-16,19,21H,9-10,13H2,1-5H3,(H,30,31)/t15-,16-,19?,21+/m0/s1. The summed E-state index contributed by atoms with van der Waals surface area (Å²) in [5, 5.41) is 7.68. The van der Waals surface area contributed by atoms with E-state index in [4.69, 9.17) is 30.5 Å². The smallest absolute Gasteiger partial charge is 0.240 e. The number of anilines is 1. The van der Waals surface area contributed by atoms with E-state index in [1.807, 2.05) is 6.92 Å². The van der Waals surface area contributed by atoms with Crippen LogP contribution in [-0.4, -0.2) is 82.5 Å². The third-order valence-electron chi connectivity index (χ3n) is 6.11. The van der Waals surface area contributed by atoms with E-state index in [0.717, 1.165) is 0 Å². The van der Waals surface area contributed by atoms with Crippen LogP contribution < -0.4 is 9.46 Å². The SMILES string of the molecule is COc1cccc(-c2nnc(NS(=O)(=O)[C@@H](C)[C@@H](OC(C)C)c3ncc(Cl)cn3)n2[C@@H](C)C2COCCO2)n1. The molecule has 0 amide bonds. The van der Waals surface area contributed by atoms with E-state index in [9.17, 15) is 8.42 Å². The molecule has 13 nitrogen and oxygen atoms in total. The summed E-state index contributed by atoms with van der Waals surface area (Å²) in [6, 6.07) is 4.78. The monoisotopic (exact) mass is 581 g/mol. The number of nitrogens with one attached hydrogen (secondary N) is 1. The Kier molecular flexibility index (Phi) is 9.33. The molecule has 1 aliphatic heterocycles. The molecule has 1 saturated heterocycles. The van der Waals surface area contributed by atoms with Crippen molar-refractivity contribution in [2.24, 2.45) is 0 Å². The van der Waals surface area contributed by atoms with Crippen molar-refractivity contribution >= 4 is 27.6 Å². The Morgan fingerprint density at radius 3 is 2.51 bits per heavy atom. The highest BCUT2D eigenvalue weighted by Gasteiger charge is 2.37. The molecule has 1 unspecified atom stereocenters. The van der Waals surface area contributed by atoms with Crippen LogP contribution in [0.1, 0.15) is 45.7 Å². The molecule has 0 radical (unpaired) electrons. The first-order valence-electron chi connectivity index (χ1n) is 12.4. The quantitative estimate of drug-likeness (QED) is 0.355. The maximum Gasteiger partial charge on any atom is 0.240 e. The Balaban J connectivity index is 1.72. The summed E-state index contributed by atoms with van der Waals surface area (Å²) >= 11 is 5.94. The van der Waals surface area contributed by atoms with E-state index >= 15 is 0 Å². The summed E-state index contributed by atoms with van der Waals surface area (Å²) in [6.45, 7) is 8.21. The Bertz CT molecular complexity index is 1350. The number of pyridine rings is 1. The first-order valence-corrected chi connectivity index (χ1v) is 14.3. The highest BCUT2D eigenvalue weighted by Crippen LogP contribution is 2.31. The van der Waals surface area contributed by atoms with Gasteiger partial charge in [0.05, 0.1) is 44.1 Å². The van der Waals surface area contributed by atoms with Gasteiger partial charge < -0.3 is 18.9 Å². The van der Waals surface area contributed by atoms with Gasteiger partial charge in [0.25, 0.3) is 0 Å². The fraction of sp³-hybridized carbons (Fsp3) is 0.542. The second-order valence-electron chi connectivity index (χ2n) is 9.22. The molecule has 3 aromatic heterocycles. The average molecular weight is 582 g/mol. The number of hydrogen-bond acceptors (Lipinski definition) is 11. The number of aromatic nitrogens is 6. The molecule has 0 spiro atoms. The summed E-state index contributed by atoms with van der Waals surface area (Å²) in [4.78, 5) is 12.9. The third-order valence-corrected chi connectivity index (χ3v) is 8.00. The van der Waals surface area contributed by atoms with E-state index in [1.54, 1.807) is 36.6 Å². The summed E-state index contributed by atoms with van der Waals surface area (Å²) in [6.07, 6.45) is 1.13. The van der Waals surface area contributed by atoms with Gasteiger partial charge >= 0.3 is 0 Å². The zero-order valence-electron chi connectivity index (χ0n) is 22.3. The lowest BCUT2D eigenvalue weighted by molar-refractivity contribution is -0.104. The molecular weight excluding hydrogens is 550 g/mol. The second kappa shape index (κ2) is 12.5. The van der Waals surface area contributed by atoms with Gasteiger partial charge in [0, 0.05) is 18.5 Å². The van der Waals surface area contributed by atoms with E-state index in [2.05, 4.69) is 29.9 Å². The number of nitrogens with zero attached hydrogens (tertiary/aromatic N) is 6. The lowest BCUT2D eigenvalue weighted by Gasteiger charge is -2.30. The van der Waals surface area contributed by atoms with Gasteiger partial charge in [0.2, 0.25) is 21.9 Å². The molecule has 4 rings (SSSR count). The molecule has 212 valence electrons. The molecule has 0 aromatic carbocycles. The maximum atomic E-state index is 13.7. The van der Waals surface area contributed by atoms with Crippen LogP contribution in [0.15, 0.2) is 30.6 Å². The van der Waals surface area contributed by atoms with Gasteiger partial charge in [-0.3, -0.25) is 9.29 Å². The molecule has 0 aliphatic carbocycles. The van der Waals surface area contributed by atoms with Crippen LogP contribution in [-0.2, 0) is 24.2 Å². The Morgan fingerprint density at radius 2 is 1.87 bits per heavy atom. The van der Waals surface area contributed by atoms with Crippen LogP contribution in [0.25, 0.3) is 11.5 Å². The van der Waals surface area contributed by atoms with Crippen molar-refractivity contribution < 1.29 is 27.4 Å². The summed E-state index contributed by atoms with van der Waals surface area (Å²) in [5.74, 6) is 0.884. The van der Waals surface area contributed by atoms with Crippen molar-refractivity contribution in [1.82, 2.24) is 29.7 Å². The Labute approximate surface area is 232 Å². The van der Waals surface area contributed by atoms with Crippen molar-refractivity contribution in [2.45, 2.75) is 57.3 Å². The Hall–Kier alpha value is -2.91. The van der Waals surface area contributed by atoms with Crippen molar-refractivity contribution in [1.29, 1.82) is 0 Å². The summed E-state index contributed by atoms with van der Waals surface area (Å²) in [7, 11) is -2.61. The molecule has 0 bridgehead atoms. The number of hydrogen-bond donors (Lipinski definition) is 1. The predicted molar refractivity (Wildman–Crippen MR) is 143 cm³/mol. The van der Waals surface area contributed by atoms with Gasteiger partial charge in [0.15, 0.2) is 11.6 Å². The fourth-order valence-corrected chi connectivity index (χ4v) is 5.24. The molecule has 0 saturated carbocycles. The number of methoxy groups -OCH3 is 1. The lowest BCUT2D eigenvalue weighted by atomic mass is 10.1.